The third-order valence-corrected chi connectivity index (χ3v) is 5.44. The average Bonchev–Trinajstić information content (AvgIpc) is 2.58. The van der Waals surface area contributed by atoms with Gasteiger partial charge >= 0.3 is 0 Å². The van der Waals surface area contributed by atoms with Gasteiger partial charge in [0.05, 0.1) is 6.26 Å². The molecule has 0 radical (unpaired) electrons. The van der Waals surface area contributed by atoms with E-state index in [1.807, 2.05) is 31.2 Å². The molecule has 0 aliphatic heterocycles. The second-order valence-electron chi connectivity index (χ2n) is 6.24. The van der Waals surface area contributed by atoms with E-state index in [0.29, 0.717) is 11.6 Å². The number of halogens is 1. The first-order valence-corrected chi connectivity index (χ1v) is 10.5. The number of sulfonamides is 1. The third kappa shape index (κ3) is 6.78. The molecule has 26 heavy (non-hydrogen) atoms. The summed E-state index contributed by atoms with van der Waals surface area (Å²) in [7, 11) is -3.42. The van der Waals surface area contributed by atoms with Crippen LogP contribution in [-0.4, -0.2) is 31.4 Å². The van der Waals surface area contributed by atoms with Gasteiger partial charge in [0.2, 0.25) is 15.9 Å². The summed E-state index contributed by atoms with van der Waals surface area (Å²) in [6.45, 7) is 2.76. The quantitative estimate of drug-likeness (QED) is 0.748. The van der Waals surface area contributed by atoms with Gasteiger partial charge in [0, 0.05) is 31.1 Å². The molecular formula is C19H23ClN2O3S. The van der Waals surface area contributed by atoms with E-state index in [-0.39, 0.29) is 25.4 Å². The van der Waals surface area contributed by atoms with Crippen LogP contribution in [0.15, 0.2) is 48.5 Å². The van der Waals surface area contributed by atoms with Crippen LogP contribution >= 0.6 is 11.6 Å². The van der Waals surface area contributed by atoms with Gasteiger partial charge in [-0.25, -0.2) is 8.42 Å². The molecule has 2 rings (SSSR count). The standard InChI is InChI=1S/C19H23ClN2O3S/c1-15-3-5-16(6-4-15)13-21-19(23)11-12-22(26(2,24)25)14-17-7-9-18(20)10-8-17/h3-10H,11-14H2,1-2H3,(H,21,23). The van der Waals surface area contributed by atoms with Crippen molar-refractivity contribution in [3.05, 3.63) is 70.2 Å². The van der Waals surface area contributed by atoms with Gasteiger partial charge < -0.3 is 5.32 Å². The predicted octanol–water partition coefficient (Wildman–Crippen LogP) is 3.12. The van der Waals surface area contributed by atoms with Crippen molar-refractivity contribution < 1.29 is 13.2 Å². The van der Waals surface area contributed by atoms with E-state index in [1.165, 1.54) is 4.31 Å². The van der Waals surface area contributed by atoms with Crippen LogP contribution in [0.5, 0.6) is 0 Å². The second-order valence-corrected chi connectivity index (χ2v) is 8.65. The van der Waals surface area contributed by atoms with Crippen molar-refractivity contribution in [2.45, 2.75) is 26.4 Å². The molecular weight excluding hydrogens is 372 g/mol. The molecule has 0 saturated carbocycles. The molecule has 5 nitrogen and oxygen atoms in total. The fourth-order valence-corrected chi connectivity index (χ4v) is 3.31. The number of amides is 1. The van der Waals surface area contributed by atoms with E-state index in [2.05, 4.69) is 5.32 Å². The van der Waals surface area contributed by atoms with E-state index >= 15 is 0 Å². The predicted molar refractivity (Wildman–Crippen MR) is 104 cm³/mol. The van der Waals surface area contributed by atoms with Crippen LogP contribution in [0.25, 0.3) is 0 Å². The van der Waals surface area contributed by atoms with Crippen molar-refractivity contribution in [2.75, 3.05) is 12.8 Å². The molecule has 0 aliphatic carbocycles. The summed E-state index contributed by atoms with van der Waals surface area (Å²) in [5.41, 5.74) is 2.98. The zero-order chi connectivity index (χ0) is 19.2. The van der Waals surface area contributed by atoms with Crippen LogP contribution in [0.3, 0.4) is 0 Å². The van der Waals surface area contributed by atoms with Gasteiger partial charge in [-0.3, -0.25) is 4.79 Å². The van der Waals surface area contributed by atoms with Gasteiger partial charge in [0.1, 0.15) is 0 Å². The molecule has 0 aliphatic rings. The minimum absolute atomic E-state index is 0.104. The van der Waals surface area contributed by atoms with E-state index in [0.717, 1.165) is 22.9 Å². The monoisotopic (exact) mass is 394 g/mol. The minimum Gasteiger partial charge on any atom is -0.352 e. The zero-order valence-electron chi connectivity index (χ0n) is 14.9. The first-order chi connectivity index (χ1) is 12.2. The number of nitrogens with zero attached hydrogens (tertiary/aromatic N) is 1. The maximum absolute atomic E-state index is 12.1. The second kappa shape index (κ2) is 9.16. The molecule has 0 spiro atoms. The molecule has 0 bridgehead atoms. The van der Waals surface area contributed by atoms with Crippen molar-refractivity contribution >= 4 is 27.5 Å². The Labute approximate surface area is 160 Å². The number of aryl methyl sites for hydroxylation is 1. The highest BCUT2D eigenvalue weighted by molar-refractivity contribution is 7.88. The Morgan fingerprint density at radius 1 is 1.04 bits per heavy atom. The van der Waals surface area contributed by atoms with Crippen molar-refractivity contribution in [3.63, 3.8) is 0 Å². The van der Waals surface area contributed by atoms with Crippen LogP contribution in [0, 0.1) is 6.92 Å². The molecule has 140 valence electrons. The number of carbonyl (C=O) groups is 1. The van der Waals surface area contributed by atoms with Gasteiger partial charge in [0.25, 0.3) is 0 Å². The molecule has 7 heteroatoms. The zero-order valence-corrected chi connectivity index (χ0v) is 16.5. The minimum atomic E-state index is -3.42. The summed E-state index contributed by atoms with van der Waals surface area (Å²) in [5.74, 6) is -0.185. The summed E-state index contributed by atoms with van der Waals surface area (Å²) < 4.78 is 25.3. The lowest BCUT2D eigenvalue weighted by molar-refractivity contribution is -0.121. The van der Waals surface area contributed by atoms with E-state index in [1.54, 1.807) is 24.3 Å². The van der Waals surface area contributed by atoms with Gasteiger partial charge in [-0.2, -0.15) is 4.31 Å². The third-order valence-electron chi connectivity index (χ3n) is 3.94. The lowest BCUT2D eigenvalue weighted by Gasteiger charge is -2.20. The normalized spacial score (nSPS) is 11.5. The topological polar surface area (TPSA) is 66.5 Å². The maximum Gasteiger partial charge on any atom is 0.221 e. The first kappa shape index (κ1) is 20.4. The number of benzene rings is 2. The van der Waals surface area contributed by atoms with Crippen molar-refractivity contribution in [3.8, 4) is 0 Å². The Morgan fingerprint density at radius 3 is 2.19 bits per heavy atom. The molecule has 0 aromatic heterocycles. The highest BCUT2D eigenvalue weighted by Gasteiger charge is 2.18. The van der Waals surface area contributed by atoms with Gasteiger partial charge in [-0.1, -0.05) is 53.6 Å². The molecule has 0 atom stereocenters. The molecule has 2 aromatic carbocycles. The summed E-state index contributed by atoms with van der Waals surface area (Å²) in [4.78, 5) is 12.1. The maximum atomic E-state index is 12.1. The van der Waals surface area contributed by atoms with E-state index in [4.69, 9.17) is 11.6 Å². The van der Waals surface area contributed by atoms with Crippen molar-refractivity contribution in [1.29, 1.82) is 0 Å². The smallest absolute Gasteiger partial charge is 0.221 e. The number of nitrogens with one attached hydrogen (secondary N) is 1. The van der Waals surface area contributed by atoms with E-state index in [9.17, 15) is 13.2 Å². The number of carbonyl (C=O) groups excluding carboxylic acids is 1. The Kier molecular flexibility index (Phi) is 7.20. The summed E-state index contributed by atoms with van der Waals surface area (Å²) in [5, 5.41) is 3.41. The number of hydrogen-bond acceptors (Lipinski definition) is 3. The Balaban J connectivity index is 1.88. The fourth-order valence-electron chi connectivity index (χ4n) is 2.38. The molecule has 0 fully saturated rings. The molecule has 1 amide bonds. The molecule has 0 unspecified atom stereocenters. The first-order valence-electron chi connectivity index (χ1n) is 8.26. The number of rotatable bonds is 8. The summed E-state index contributed by atoms with van der Waals surface area (Å²) in [6.07, 6.45) is 1.25. The highest BCUT2D eigenvalue weighted by Crippen LogP contribution is 2.13. The average molecular weight is 395 g/mol. The molecule has 0 heterocycles. The Hall–Kier alpha value is -1.89. The summed E-state index contributed by atoms with van der Waals surface area (Å²) >= 11 is 5.85. The summed E-state index contributed by atoms with van der Waals surface area (Å²) in [6, 6.07) is 14.9. The largest absolute Gasteiger partial charge is 0.352 e. The Morgan fingerprint density at radius 2 is 1.62 bits per heavy atom. The molecule has 2 aromatic rings. The van der Waals surface area contributed by atoms with Gasteiger partial charge in [0.15, 0.2) is 0 Å². The van der Waals surface area contributed by atoms with Gasteiger partial charge in [-0.05, 0) is 30.2 Å². The van der Waals surface area contributed by atoms with Crippen LogP contribution < -0.4 is 5.32 Å². The Bertz CT molecular complexity index is 834. The van der Waals surface area contributed by atoms with Crippen LogP contribution in [0.2, 0.25) is 5.02 Å². The molecule has 0 saturated heterocycles. The van der Waals surface area contributed by atoms with Crippen molar-refractivity contribution in [1.82, 2.24) is 9.62 Å². The fraction of sp³-hybridized carbons (Fsp3) is 0.316. The SMILES string of the molecule is Cc1ccc(CNC(=O)CCN(Cc2ccc(Cl)cc2)S(C)(=O)=O)cc1. The highest BCUT2D eigenvalue weighted by atomic mass is 35.5. The van der Waals surface area contributed by atoms with Gasteiger partial charge in [-0.15, -0.1) is 0 Å². The van der Waals surface area contributed by atoms with Crippen LogP contribution in [0.4, 0.5) is 0 Å². The molecule has 1 N–H and O–H groups in total. The van der Waals surface area contributed by atoms with Crippen LogP contribution in [-0.2, 0) is 27.9 Å². The van der Waals surface area contributed by atoms with Crippen molar-refractivity contribution in [2.24, 2.45) is 0 Å². The lowest BCUT2D eigenvalue weighted by atomic mass is 10.1. The lowest BCUT2D eigenvalue weighted by Crippen LogP contribution is -2.34. The van der Waals surface area contributed by atoms with Crippen LogP contribution in [0.1, 0.15) is 23.1 Å². The number of hydrogen-bond donors (Lipinski definition) is 1. The van der Waals surface area contributed by atoms with E-state index < -0.39 is 10.0 Å².